The maximum atomic E-state index is 3.57. The van der Waals surface area contributed by atoms with Crippen molar-refractivity contribution in [1.82, 2.24) is 10.2 Å². The molecule has 3 heteroatoms. The average Bonchev–Trinajstić information content (AvgIpc) is 2.85. The number of rotatable bonds is 1. The SMILES string of the molecule is CC1CC(N2CC3CNCC3C2(C)C)CS1. The molecule has 3 heterocycles. The van der Waals surface area contributed by atoms with Gasteiger partial charge in [-0.05, 0) is 38.6 Å². The lowest BCUT2D eigenvalue weighted by Crippen LogP contribution is -2.49. The van der Waals surface area contributed by atoms with E-state index in [1.165, 1.54) is 31.8 Å². The molecule has 0 spiro atoms. The molecule has 3 rings (SSSR count). The predicted octanol–water partition coefficient (Wildman–Crippen LogP) is 1.81. The summed E-state index contributed by atoms with van der Waals surface area (Å²) in [5.74, 6) is 3.15. The van der Waals surface area contributed by atoms with Gasteiger partial charge in [-0.2, -0.15) is 11.8 Å². The molecule has 0 bridgehead atoms. The van der Waals surface area contributed by atoms with Gasteiger partial charge in [-0.1, -0.05) is 6.92 Å². The molecule has 0 radical (unpaired) electrons. The molecular formula is C13H24N2S. The van der Waals surface area contributed by atoms with Crippen molar-refractivity contribution in [3.8, 4) is 0 Å². The number of hydrogen-bond donors (Lipinski definition) is 1. The zero-order chi connectivity index (χ0) is 11.3. The predicted molar refractivity (Wildman–Crippen MR) is 71.0 cm³/mol. The molecule has 1 N–H and O–H groups in total. The molecule has 0 aliphatic carbocycles. The van der Waals surface area contributed by atoms with Crippen LogP contribution < -0.4 is 5.32 Å². The Morgan fingerprint density at radius 3 is 2.75 bits per heavy atom. The third-order valence-corrected chi connectivity index (χ3v) is 6.38. The average molecular weight is 240 g/mol. The summed E-state index contributed by atoms with van der Waals surface area (Å²) in [6, 6.07) is 0.848. The second kappa shape index (κ2) is 3.89. The van der Waals surface area contributed by atoms with Gasteiger partial charge in [0, 0.05) is 35.7 Å². The number of hydrogen-bond acceptors (Lipinski definition) is 3. The Balaban J connectivity index is 1.77. The van der Waals surface area contributed by atoms with E-state index in [4.69, 9.17) is 0 Å². The van der Waals surface area contributed by atoms with Crippen LogP contribution in [-0.2, 0) is 0 Å². The minimum absolute atomic E-state index is 0.420. The molecule has 16 heavy (non-hydrogen) atoms. The first-order valence-electron chi connectivity index (χ1n) is 6.68. The topological polar surface area (TPSA) is 15.3 Å². The summed E-state index contributed by atoms with van der Waals surface area (Å²) in [6.07, 6.45) is 1.40. The minimum Gasteiger partial charge on any atom is -0.316 e. The minimum atomic E-state index is 0.420. The van der Waals surface area contributed by atoms with E-state index in [2.05, 4.69) is 42.7 Å². The van der Waals surface area contributed by atoms with Crippen molar-refractivity contribution in [1.29, 1.82) is 0 Å². The number of fused-ring (bicyclic) bond motifs is 1. The molecule has 3 aliphatic heterocycles. The fraction of sp³-hybridized carbons (Fsp3) is 1.00. The molecule has 0 aromatic heterocycles. The van der Waals surface area contributed by atoms with Crippen LogP contribution in [0, 0.1) is 11.8 Å². The summed E-state index contributed by atoms with van der Waals surface area (Å²) in [6.45, 7) is 11.2. The third-order valence-electron chi connectivity index (χ3n) is 5.04. The Labute approximate surface area is 104 Å². The highest BCUT2D eigenvalue weighted by molar-refractivity contribution is 8.00. The maximum absolute atomic E-state index is 3.57. The van der Waals surface area contributed by atoms with E-state index in [0.717, 1.165) is 23.1 Å². The van der Waals surface area contributed by atoms with Crippen molar-refractivity contribution in [2.75, 3.05) is 25.4 Å². The Hall–Kier alpha value is 0.270. The van der Waals surface area contributed by atoms with Crippen molar-refractivity contribution >= 4 is 11.8 Å². The second-order valence-electron chi connectivity index (χ2n) is 6.36. The molecule has 0 aromatic carbocycles. The molecule has 0 amide bonds. The summed E-state index contributed by atoms with van der Waals surface area (Å²) in [5, 5.41) is 4.44. The lowest BCUT2D eigenvalue weighted by atomic mass is 9.84. The van der Waals surface area contributed by atoms with E-state index in [-0.39, 0.29) is 0 Å². The zero-order valence-corrected chi connectivity index (χ0v) is 11.5. The molecule has 92 valence electrons. The molecule has 3 saturated heterocycles. The second-order valence-corrected chi connectivity index (χ2v) is 7.84. The maximum Gasteiger partial charge on any atom is 0.0202 e. The van der Waals surface area contributed by atoms with Gasteiger partial charge in [0.25, 0.3) is 0 Å². The van der Waals surface area contributed by atoms with Crippen LogP contribution in [0.25, 0.3) is 0 Å². The molecule has 0 saturated carbocycles. The monoisotopic (exact) mass is 240 g/mol. The Morgan fingerprint density at radius 1 is 1.31 bits per heavy atom. The van der Waals surface area contributed by atoms with Crippen LogP contribution in [-0.4, -0.2) is 47.1 Å². The van der Waals surface area contributed by atoms with Crippen LogP contribution in [0.2, 0.25) is 0 Å². The standard InChI is InChI=1S/C13H24N2S/c1-9-4-11(8-16-9)15-7-10-5-14-6-12(10)13(15,2)3/h9-12,14H,4-8H2,1-3H3. The molecule has 2 nitrogen and oxygen atoms in total. The van der Waals surface area contributed by atoms with Crippen LogP contribution in [0.1, 0.15) is 27.2 Å². The first-order chi connectivity index (χ1) is 7.59. The van der Waals surface area contributed by atoms with E-state index < -0.39 is 0 Å². The van der Waals surface area contributed by atoms with Crippen molar-refractivity contribution in [3.05, 3.63) is 0 Å². The van der Waals surface area contributed by atoms with Crippen LogP contribution in [0.5, 0.6) is 0 Å². The fourth-order valence-corrected chi connectivity index (χ4v) is 5.31. The van der Waals surface area contributed by atoms with Crippen molar-refractivity contribution in [2.24, 2.45) is 11.8 Å². The van der Waals surface area contributed by atoms with E-state index in [9.17, 15) is 0 Å². The Bertz CT molecular complexity index is 279. The van der Waals surface area contributed by atoms with Crippen LogP contribution in [0.15, 0.2) is 0 Å². The fourth-order valence-electron chi connectivity index (χ4n) is 4.08. The normalized spacial score (nSPS) is 47.4. The first kappa shape index (κ1) is 11.4. The lowest BCUT2D eigenvalue weighted by Gasteiger charge is -2.39. The van der Waals surface area contributed by atoms with Crippen molar-refractivity contribution < 1.29 is 0 Å². The van der Waals surface area contributed by atoms with Gasteiger partial charge in [-0.15, -0.1) is 0 Å². The van der Waals surface area contributed by atoms with Gasteiger partial charge in [0.1, 0.15) is 0 Å². The molecule has 3 fully saturated rings. The Kier molecular flexibility index (Phi) is 2.76. The summed E-state index contributed by atoms with van der Waals surface area (Å²) < 4.78 is 0. The number of nitrogens with zero attached hydrogens (tertiary/aromatic N) is 1. The van der Waals surface area contributed by atoms with E-state index in [1.54, 1.807) is 0 Å². The number of thioether (sulfide) groups is 1. The van der Waals surface area contributed by atoms with Crippen molar-refractivity contribution in [3.63, 3.8) is 0 Å². The molecular weight excluding hydrogens is 216 g/mol. The highest BCUT2D eigenvalue weighted by atomic mass is 32.2. The highest BCUT2D eigenvalue weighted by Gasteiger charge is 2.52. The number of likely N-dealkylation sites (tertiary alicyclic amines) is 1. The van der Waals surface area contributed by atoms with Gasteiger partial charge in [0.15, 0.2) is 0 Å². The number of nitrogens with one attached hydrogen (secondary N) is 1. The quantitative estimate of drug-likeness (QED) is 0.752. The molecule has 4 unspecified atom stereocenters. The van der Waals surface area contributed by atoms with Gasteiger partial charge >= 0.3 is 0 Å². The van der Waals surface area contributed by atoms with Gasteiger partial charge < -0.3 is 5.32 Å². The Morgan fingerprint density at radius 2 is 2.12 bits per heavy atom. The zero-order valence-electron chi connectivity index (χ0n) is 10.7. The van der Waals surface area contributed by atoms with Gasteiger partial charge in [-0.3, -0.25) is 4.90 Å². The van der Waals surface area contributed by atoms with E-state index >= 15 is 0 Å². The van der Waals surface area contributed by atoms with Gasteiger partial charge in [0.05, 0.1) is 0 Å². The molecule has 0 aromatic rings. The summed E-state index contributed by atoms with van der Waals surface area (Å²) in [5.41, 5.74) is 0.420. The van der Waals surface area contributed by atoms with E-state index in [1.807, 2.05) is 0 Å². The van der Waals surface area contributed by atoms with E-state index in [0.29, 0.717) is 5.54 Å². The van der Waals surface area contributed by atoms with Crippen LogP contribution in [0.4, 0.5) is 0 Å². The summed E-state index contributed by atoms with van der Waals surface area (Å²) in [4.78, 5) is 2.83. The van der Waals surface area contributed by atoms with Crippen LogP contribution in [0.3, 0.4) is 0 Å². The summed E-state index contributed by atoms with van der Waals surface area (Å²) >= 11 is 2.16. The largest absolute Gasteiger partial charge is 0.316 e. The molecule has 3 aliphatic rings. The van der Waals surface area contributed by atoms with Crippen LogP contribution >= 0.6 is 11.8 Å². The molecule has 4 atom stereocenters. The lowest BCUT2D eigenvalue weighted by molar-refractivity contribution is 0.0983. The van der Waals surface area contributed by atoms with Gasteiger partial charge in [-0.25, -0.2) is 0 Å². The third kappa shape index (κ3) is 1.63. The van der Waals surface area contributed by atoms with Gasteiger partial charge in [0.2, 0.25) is 0 Å². The highest BCUT2D eigenvalue weighted by Crippen LogP contribution is 2.44. The summed E-state index contributed by atoms with van der Waals surface area (Å²) in [7, 11) is 0. The smallest absolute Gasteiger partial charge is 0.0202 e. The first-order valence-corrected chi connectivity index (χ1v) is 7.73. The van der Waals surface area contributed by atoms with Crippen molar-refractivity contribution in [2.45, 2.75) is 44.0 Å².